The van der Waals surface area contributed by atoms with E-state index in [4.69, 9.17) is 5.11 Å². The second kappa shape index (κ2) is 4.75. The maximum Gasteiger partial charge on any atom is 0.257 e. The van der Waals surface area contributed by atoms with Crippen molar-refractivity contribution in [1.29, 1.82) is 0 Å². The summed E-state index contributed by atoms with van der Waals surface area (Å²) in [7, 11) is -1.94. The molecule has 0 aromatic carbocycles. The predicted octanol–water partition coefficient (Wildman–Crippen LogP) is -0.141. The highest BCUT2D eigenvalue weighted by atomic mass is 32.2. The van der Waals surface area contributed by atoms with Crippen LogP contribution in [0.25, 0.3) is 0 Å². The molecule has 2 unspecified atom stereocenters. The lowest BCUT2D eigenvalue weighted by molar-refractivity contribution is 0.213. The Morgan fingerprint density at radius 2 is 2.35 bits per heavy atom. The number of hydrogen-bond donors (Lipinski definition) is 2. The average molecular weight is 259 g/mol. The Labute approximate surface area is 101 Å². The Hall–Kier alpha value is -0.920. The fourth-order valence-corrected chi connectivity index (χ4v) is 3.76. The van der Waals surface area contributed by atoms with Gasteiger partial charge in [-0.25, -0.2) is 13.1 Å². The van der Waals surface area contributed by atoms with Crippen molar-refractivity contribution >= 4 is 10.0 Å². The standard InChI is InChI=1S/C10H17N3O3S/c1-13-10(5-6-11-13)17(15,16)12-9-4-2-3-8(9)7-14/h5-6,8-9,12,14H,2-4,7H2,1H3. The van der Waals surface area contributed by atoms with E-state index in [1.807, 2.05) is 0 Å². The van der Waals surface area contributed by atoms with Crippen LogP contribution < -0.4 is 4.72 Å². The van der Waals surface area contributed by atoms with Crippen LogP contribution in [0.2, 0.25) is 0 Å². The smallest absolute Gasteiger partial charge is 0.257 e. The molecule has 1 aromatic rings. The van der Waals surface area contributed by atoms with E-state index in [2.05, 4.69) is 9.82 Å². The summed E-state index contributed by atoms with van der Waals surface area (Å²) in [5, 5.41) is 13.2. The number of aryl methyl sites for hydroxylation is 1. The molecule has 7 heteroatoms. The molecule has 0 aliphatic heterocycles. The normalized spacial score (nSPS) is 25.3. The van der Waals surface area contributed by atoms with Crippen molar-refractivity contribution in [2.75, 3.05) is 6.61 Å². The van der Waals surface area contributed by atoms with E-state index in [1.165, 1.54) is 16.9 Å². The van der Waals surface area contributed by atoms with Crippen LogP contribution in [0.15, 0.2) is 17.3 Å². The average Bonchev–Trinajstić information content (AvgIpc) is 2.86. The van der Waals surface area contributed by atoms with Gasteiger partial charge >= 0.3 is 0 Å². The molecule has 1 saturated carbocycles. The van der Waals surface area contributed by atoms with Crippen LogP contribution in [0.1, 0.15) is 19.3 Å². The van der Waals surface area contributed by atoms with Crippen molar-refractivity contribution in [3.63, 3.8) is 0 Å². The highest BCUT2D eigenvalue weighted by molar-refractivity contribution is 7.89. The molecular formula is C10H17N3O3S. The van der Waals surface area contributed by atoms with E-state index < -0.39 is 10.0 Å². The molecule has 1 aliphatic rings. The molecule has 1 aliphatic carbocycles. The maximum atomic E-state index is 12.1. The minimum atomic E-state index is -3.53. The largest absolute Gasteiger partial charge is 0.396 e. The van der Waals surface area contributed by atoms with E-state index in [0.717, 1.165) is 19.3 Å². The van der Waals surface area contributed by atoms with E-state index in [-0.39, 0.29) is 23.6 Å². The van der Waals surface area contributed by atoms with Gasteiger partial charge in [0.15, 0.2) is 5.03 Å². The highest BCUT2D eigenvalue weighted by Crippen LogP contribution is 2.26. The number of nitrogens with one attached hydrogen (secondary N) is 1. The van der Waals surface area contributed by atoms with Gasteiger partial charge in [0.1, 0.15) is 0 Å². The van der Waals surface area contributed by atoms with Gasteiger partial charge in [-0.15, -0.1) is 0 Å². The van der Waals surface area contributed by atoms with Crippen molar-refractivity contribution in [1.82, 2.24) is 14.5 Å². The molecule has 0 spiro atoms. The summed E-state index contributed by atoms with van der Waals surface area (Å²) in [6.45, 7) is 0.0264. The zero-order valence-corrected chi connectivity index (χ0v) is 10.5. The molecule has 1 heterocycles. The number of aromatic nitrogens is 2. The number of sulfonamides is 1. The Bertz CT molecular complexity index is 483. The van der Waals surface area contributed by atoms with E-state index in [1.54, 1.807) is 7.05 Å². The van der Waals surface area contributed by atoms with Crippen molar-refractivity contribution in [2.24, 2.45) is 13.0 Å². The summed E-state index contributed by atoms with van der Waals surface area (Å²) in [5.41, 5.74) is 0. The highest BCUT2D eigenvalue weighted by Gasteiger charge is 2.31. The van der Waals surface area contributed by atoms with Crippen molar-refractivity contribution in [3.05, 3.63) is 12.3 Å². The van der Waals surface area contributed by atoms with Crippen LogP contribution in [0.3, 0.4) is 0 Å². The topological polar surface area (TPSA) is 84.2 Å². The second-order valence-electron chi connectivity index (χ2n) is 4.39. The third-order valence-electron chi connectivity index (χ3n) is 3.25. The summed E-state index contributed by atoms with van der Waals surface area (Å²) < 4.78 is 28.1. The SMILES string of the molecule is Cn1nccc1S(=O)(=O)NC1CCCC1CO. The van der Waals surface area contributed by atoms with Crippen LogP contribution in [0.5, 0.6) is 0 Å². The minimum absolute atomic E-state index is 0.0259. The van der Waals surface area contributed by atoms with Gasteiger partial charge in [0.2, 0.25) is 0 Å². The lowest BCUT2D eigenvalue weighted by atomic mass is 10.1. The number of hydrogen-bond acceptors (Lipinski definition) is 4. The van der Waals surface area contributed by atoms with Gasteiger partial charge in [-0.1, -0.05) is 6.42 Å². The third-order valence-corrected chi connectivity index (χ3v) is 4.82. The van der Waals surface area contributed by atoms with E-state index in [0.29, 0.717) is 0 Å². The molecule has 2 atom stereocenters. The second-order valence-corrected chi connectivity index (χ2v) is 6.06. The first kappa shape index (κ1) is 12.5. The van der Waals surface area contributed by atoms with Gasteiger partial charge in [0, 0.05) is 19.7 Å². The zero-order chi connectivity index (χ0) is 12.5. The number of aliphatic hydroxyl groups is 1. The summed E-state index contributed by atoms with van der Waals surface area (Å²) in [4.78, 5) is 0. The predicted molar refractivity (Wildman–Crippen MR) is 61.7 cm³/mol. The van der Waals surface area contributed by atoms with Crippen LogP contribution in [-0.4, -0.2) is 36.0 Å². The van der Waals surface area contributed by atoms with Gasteiger partial charge in [-0.05, 0) is 24.8 Å². The summed E-state index contributed by atoms with van der Waals surface area (Å²) in [6, 6.07) is 1.30. The Morgan fingerprint density at radius 3 is 2.94 bits per heavy atom. The fourth-order valence-electron chi connectivity index (χ4n) is 2.30. The Balaban J connectivity index is 2.16. The fraction of sp³-hybridized carbons (Fsp3) is 0.700. The monoisotopic (exact) mass is 259 g/mol. The third kappa shape index (κ3) is 2.51. The Kier molecular flexibility index (Phi) is 3.50. The number of aliphatic hydroxyl groups excluding tert-OH is 1. The van der Waals surface area contributed by atoms with Crippen molar-refractivity contribution < 1.29 is 13.5 Å². The first-order valence-corrected chi connectivity index (χ1v) is 7.14. The summed E-state index contributed by atoms with van der Waals surface area (Å²) in [6.07, 6.45) is 4.05. The minimum Gasteiger partial charge on any atom is -0.396 e. The number of nitrogens with zero attached hydrogens (tertiary/aromatic N) is 2. The van der Waals surface area contributed by atoms with Crippen molar-refractivity contribution in [2.45, 2.75) is 30.3 Å². The molecule has 17 heavy (non-hydrogen) atoms. The number of rotatable bonds is 4. The van der Waals surface area contributed by atoms with Gasteiger partial charge in [-0.2, -0.15) is 5.10 Å². The molecule has 0 radical (unpaired) electrons. The first-order valence-electron chi connectivity index (χ1n) is 5.66. The zero-order valence-electron chi connectivity index (χ0n) is 9.70. The molecule has 6 nitrogen and oxygen atoms in total. The molecule has 0 bridgehead atoms. The van der Waals surface area contributed by atoms with Crippen LogP contribution >= 0.6 is 0 Å². The van der Waals surface area contributed by atoms with Crippen LogP contribution in [-0.2, 0) is 17.1 Å². The lowest BCUT2D eigenvalue weighted by Gasteiger charge is -2.18. The molecule has 2 N–H and O–H groups in total. The summed E-state index contributed by atoms with van der Waals surface area (Å²) >= 11 is 0. The molecule has 0 saturated heterocycles. The molecule has 96 valence electrons. The molecule has 2 rings (SSSR count). The molecule has 1 fully saturated rings. The quantitative estimate of drug-likeness (QED) is 0.788. The van der Waals surface area contributed by atoms with Gasteiger partial charge in [-0.3, -0.25) is 4.68 Å². The lowest BCUT2D eigenvalue weighted by Crippen LogP contribution is -2.39. The van der Waals surface area contributed by atoms with Gasteiger partial charge < -0.3 is 5.11 Å². The summed E-state index contributed by atoms with van der Waals surface area (Å²) in [5.74, 6) is 0.0259. The molecular weight excluding hydrogens is 242 g/mol. The van der Waals surface area contributed by atoms with Crippen LogP contribution in [0, 0.1) is 5.92 Å². The van der Waals surface area contributed by atoms with E-state index in [9.17, 15) is 8.42 Å². The van der Waals surface area contributed by atoms with Crippen LogP contribution in [0.4, 0.5) is 0 Å². The van der Waals surface area contributed by atoms with E-state index >= 15 is 0 Å². The Morgan fingerprint density at radius 1 is 1.59 bits per heavy atom. The van der Waals surface area contributed by atoms with Crippen molar-refractivity contribution in [3.8, 4) is 0 Å². The molecule has 0 amide bonds. The maximum absolute atomic E-state index is 12.1. The van der Waals surface area contributed by atoms with Gasteiger partial charge in [0.05, 0.1) is 6.20 Å². The molecule has 1 aromatic heterocycles. The first-order chi connectivity index (χ1) is 8.04. The van der Waals surface area contributed by atoms with Gasteiger partial charge in [0.25, 0.3) is 10.0 Å².